The number of carbonyl (C=O) groups excluding carboxylic acids is 2. The second-order valence-corrected chi connectivity index (χ2v) is 14.9. The van der Waals surface area contributed by atoms with Crippen LogP contribution in [0.4, 0.5) is 23.0 Å². The molecule has 14 nitrogen and oxygen atoms in total. The first-order valence-electron chi connectivity index (χ1n) is 18.7. The summed E-state index contributed by atoms with van der Waals surface area (Å²) in [6, 6.07) is 23.9. The van der Waals surface area contributed by atoms with E-state index in [-0.39, 0.29) is 35.5 Å². The van der Waals surface area contributed by atoms with Gasteiger partial charge in [0, 0.05) is 84.2 Å². The standard InChI is InChI=1S/2C22H18N6O/c2*1-28-5-3-16-15(2-4-25-21(16)28)12-6-13-9-20(26-11-18(13)19(24)8-12)27-22(29)17-7-14(17)10-23/h2*2-6,8-9,11,14,17H,7,24H2,1H3,(H,26,27,29)/t2*14-,17+/m10/s1. The Kier molecular flexibility index (Phi) is 8.67. The van der Waals surface area contributed by atoms with E-state index in [0.717, 1.165) is 65.9 Å². The number of hydrogen-bond donors (Lipinski definition) is 4. The number of nitrogens with two attached hydrogens (primary N) is 2. The summed E-state index contributed by atoms with van der Waals surface area (Å²) >= 11 is 0. The summed E-state index contributed by atoms with van der Waals surface area (Å²) < 4.78 is 3.96. The van der Waals surface area contributed by atoms with Crippen LogP contribution in [0.25, 0.3) is 65.9 Å². The number of hydrogen-bond acceptors (Lipinski definition) is 10. The van der Waals surface area contributed by atoms with E-state index in [1.807, 2.05) is 96.3 Å². The van der Waals surface area contributed by atoms with E-state index in [0.29, 0.717) is 35.9 Å². The van der Waals surface area contributed by atoms with Gasteiger partial charge in [0.1, 0.15) is 22.9 Å². The predicted molar refractivity (Wildman–Crippen MR) is 223 cm³/mol. The largest absolute Gasteiger partial charge is 0.398 e. The fourth-order valence-corrected chi connectivity index (χ4v) is 7.54. The first kappa shape index (κ1) is 35.8. The van der Waals surface area contributed by atoms with Gasteiger partial charge in [0.05, 0.1) is 35.8 Å². The van der Waals surface area contributed by atoms with Crippen LogP contribution in [0.3, 0.4) is 0 Å². The third-order valence-electron chi connectivity index (χ3n) is 11.0. The number of fused-ring (bicyclic) bond motifs is 4. The number of anilines is 4. The molecule has 2 aromatic carbocycles. The molecule has 0 aliphatic heterocycles. The minimum Gasteiger partial charge on any atom is -0.398 e. The van der Waals surface area contributed by atoms with E-state index in [2.05, 4.69) is 42.7 Å². The highest BCUT2D eigenvalue weighted by molar-refractivity contribution is 6.04. The molecule has 6 aromatic heterocycles. The van der Waals surface area contributed by atoms with Crippen LogP contribution in [0.1, 0.15) is 12.8 Å². The third kappa shape index (κ3) is 6.52. The average molecular weight is 765 g/mol. The number of benzene rings is 2. The summed E-state index contributed by atoms with van der Waals surface area (Å²) in [5.74, 6) is -0.241. The zero-order valence-electron chi connectivity index (χ0n) is 31.5. The number of aromatic nitrogens is 6. The highest BCUT2D eigenvalue weighted by Crippen LogP contribution is 2.40. The Hall–Kier alpha value is -7.84. The average Bonchev–Trinajstić information content (AvgIpc) is 4.13. The Bertz CT molecular complexity index is 2870. The van der Waals surface area contributed by atoms with Crippen molar-refractivity contribution in [3.63, 3.8) is 0 Å². The van der Waals surface area contributed by atoms with Gasteiger partial charge in [0.15, 0.2) is 0 Å². The van der Waals surface area contributed by atoms with Gasteiger partial charge in [0.25, 0.3) is 0 Å². The fourth-order valence-electron chi connectivity index (χ4n) is 7.54. The lowest BCUT2D eigenvalue weighted by Crippen LogP contribution is -2.15. The van der Waals surface area contributed by atoms with Crippen molar-refractivity contribution < 1.29 is 9.59 Å². The zero-order valence-corrected chi connectivity index (χ0v) is 31.5. The maximum Gasteiger partial charge on any atom is 0.230 e. The van der Waals surface area contributed by atoms with E-state index in [1.54, 1.807) is 24.8 Å². The minimum atomic E-state index is -0.239. The summed E-state index contributed by atoms with van der Waals surface area (Å²) in [5.41, 5.74) is 19.7. The summed E-state index contributed by atoms with van der Waals surface area (Å²) in [6.07, 6.45) is 12.1. The molecular weight excluding hydrogens is 729 g/mol. The van der Waals surface area contributed by atoms with Gasteiger partial charge in [-0.15, -0.1) is 0 Å². The van der Waals surface area contributed by atoms with Crippen LogP contribution in [-0.2, 0) is 23.7 Å². The molecule has 58 heavy (non-hydrogen) atoms. The third-order valence-corrected chi connectivity index (χ3v) is 11.0. The normalized spacial score (nSPS) is 17.9. The maximum atomic E-state index is 12.2. The monoisotopic (exact) mass is 764 g/mol. The Morgan fingerprint density at radius 1 is 0.638 bits per heavy atom. The summed E-state index contributed by atoms with van der Waals surface area (Å²) in [4.78, 5) is 42.0. The molecule has 0 bridgehead atoms. The Labute approximate surface area is 331 Å². The van der Waals surface area contributed by atoms with E-state index in [4.69, 9.17) is 22.0 Å². The number of amides is 2. The molecule has 0 radical (unpaired) electrons. The number of nitrogens with one attached hydrogen (secondary N) is 2. The van der Waals surface area contributed by atoms with Crippen molar-refractivity contribution in [3.8, 4) is 34.4 Å². The molecule has 0 saturated heterocycles. The summed E-state index contributed by atoms with van der Waals surface area (Å²) in [6.45, 7) is 0. The van der Waals surface area contributed by atoms with Crippen molar-refractivity contribution >= 4 is 78.4 Å². The van der Waals surface area contributed by atoms with Crippen LogP contribution in [0.5, 0.6) is 0 Å². The summed E-state index contributed by atoms with van der Waals surface area (Å²) in [5, 5.41) is 29.0. The number of nitrogen functional groups attached to an aromatic ring is 2. The molecule has 284 valence electrons. The highest BCUT2D eigenvalue weighted by atomic mass is 16.2. The van der Waals surface area contributed by atoms with Gasteiger partial charge >= 0.3 is 0 Å². The van der Waals surface area contributed by atoms with Crippen LogP contribution in [0.15, 0.2) is 97.8 Å². The number of carbonyl (C=O) groups is 2. The number of rotatable bonds is 6. The van der Waals surface area contributed by atoms with Crippen molar-refractivity contribution in [1.29, 1.82) is 10.5 Å². The lowest BCUT2D eigenvalue weighted by Gasteiger charge is -2.10. The Balaban J connectivity index is 0.000000150. The topological polar surface area (TPSA) is 219 Å². The number of aryl methyl sites for hydroxylation is 2. The van der Waals surface area contributed by atoms with Crippen LogP contribution in [-0.4, -0.2) is 40.9 Å². The smallest absolute Gasteiger partial charge is 0.230 e. The highest BCUT2D eigenvalue weighted by Gasteiger charge is 2.44. The van der Waals surface area contributed by atoms with Gasteiger partial charge in [-0.05, 0) is 107 Å². The molecule has 2 saturated carbocycles. The second kappa shape index (κ2) is 14.0. The van der Waals surface area contributed by atoms with Crippen LogP contribution >= 0.6 is 0 Å². The molecule has 2 fully saturated rings. The van der Waals surface area contributed by atoms with Gasteiger partial charge in [-0.3, -0.25) is 9.59 Å². The van der Waals surface area contributed by atoms with E-state index < -0.39 is 0 Å². The lowest BCUT2D eigenvalue weighted by molar-refractivity contribution is -0.118. The van der Waals surface area contributed by atoms with Gasteiger partial charge in [0.2, 0.25) is 11.8 Å². The molecule has 2 aliphatic carbocycles. The van der Waals surface area contributed by atoms with Crippen molar-refractivity contribution in [2.45, 2.75) is 12.8 Å². The zero-order chi connectivity index (χ0) is 40.2. The molecule has 6 N–H and O–H groups in total. The molecule has 8 aromatic rings. The molecule has 0 spiro atoms. The van der Waals surface area contributed by atoms with Gasteiger partial charge in [-0.1, -0.05) is 0 Å². The number of pyridine rings is 4. The first-order chi connectivity index (χ1) is 28.1. The molecule has 6 heterocycles. The molecule has 4 atom stereocenters. The predicted octanol–water partition coefficient (Wildman–Crippen LogP) is 6.94. The van der Waals surface area contributed by atoms with Crippen LogP contribution in [0.2, 0.25) is 0 Å². The Morgan fingerprint density at radius 2 is 1.07 bits per heavy atom. The lowest BCUT2D eigenvalue weighted by atomic mass is 9.99. The SMILES string of the molecule is Cn1ccc2c(-c3cc(N)c4cnc(NC(=O)[C@@H]5C[C@H]5C#N)cc4c3)ccnc21.Cn1ccc2c(-c3cc(N)c4cnc(NC(=O)[C@H]5C[C@@H]5C#N)cc4c3)ccnc21. The molecule has 2 amide bonds. The van der Waals surface area contributed by atoms with Gasteiger partial charge < -0.3 is 31.2 Å². The molecular formula is C44H36N12O2. The van der Waals surface area contributed by atoms with Gasteiger partial charge in [-0.2, -0.15) is 10.5 Å². The van der Waals surface area contributed by atoms with Crippen molar-refractivity contribution in [2.24, 2.45) is 37.8 Å². The summed E-state index contributed by atoms with van der Waals surface area (Å²) in [7, 11) is 3.93. The Morgan fingerprint density at radius 3 is 1.47 bits per heavy atom. The fraction of sp³-hybridized carbons (Fsp3) is 0.182. The van der Waals surface area contributed by atoms with Crippen LogP contribution < -0.4 is 22.1 Å². The van der Waals surface area contributed by atoms with E-state index in [9.17, 15) is 9.59 Å². The van der Waals surface area contributed by atoms with Crippen molar-refractivity contribution in [3.05, 3.63) is 97.8 Å². The van der Waals surface area contributed by atoms with Gasteiger partial charge in [-0.25, -0.2) is 19.9 Å². The van der Waals surface area contributed by atoms with E-state index in [1.165, 1.54) is 0 Å². The van der Waals surface area contributed by atoms with Crippen LogP contribution in [0, 0.1) is 46.3 Å². The second-order valence-electron chi connectivity index (χ2n) is 14.9. The molecule has 14 heteroatoms. The molecule has 2 aliphatic rings. The maximum absolute atomic E-state index is 12.2. The van der Waals surface area contributed by atoms with Crippen molar-refractivity contribution in [2.75, 3.05) is 22.1 Å². The number of nitrogens with zero attached hydrogens (tertiary/aromatic N) is 8. The molecule has 10 rings (SSSR count). The van der Waals surface area contributed by atoms with E-state index >= 15 is 0 Å². The minimum absolute atomic E-state index is 0.160. The van der Waals surface area contributed by atoms with Crippen molar-refractivity contribution in [1.82, 2.24) is 29.1 Å². The molecule has 0 unspecified atom stereocenters. The first-order valence-corrected chi connectivity index (χ1v) is 18.7. The quantitative estimate of drug-likeness (QED) is 0.128. The number of nitriles is 2.